The zero-order chi connectivity index (χ0) is 25.6. The fourth-order valence-corrected chi connectivity index (χ4v) is 4.65. The standard InChI is InChI=1S/C24H31Cl2N3O4S/c1-6-18-7-11-21(12-8-18)29(34(5,32)33)15-23(30)28(17(4)24(31)27-16(2)3)14-19-9-10-20(25)13-22(19)26/h7-13,16-17H,6,14-15H2,1-5H3,(H,27,31)/t17-/m1/s1. The molecule has 0 unspecified atom stereocenters. The molecule has 0 spiro atoms. The number of aryl methyl sites for hydroxylation is 1. The Balaban J connectivity index is 2.41. The van der Waals surface area contributed by atoms with Crippen molar-refractivity contribution in [1.82, 2.24) is 10.2 Å². The van der Waals surface area contributed by atoms with Gasteiger partial charge in [-0.2, -0.15) is 0 Å². The number of halogens is 2. The molecule has 1 atom stereocenters. The van der Waals surface area contributed by atoms with Crippen LogP contribution in [0.3, 0.4) is 0 Å². The van der Waals surface area contributed by atoms with E-state index < -0.39 is 28.5 Å². The van der Waals surface area contributed by atoms with Crippen molar-refractivity contribution in [2.45, 2.75) is 52.7 Å². The fourth-order valence-electron chi connectivity index (χ4n) is 3.33. The first-order valence-electron chi connectivity index (χ1n) is 10.9. The van der Waals surface area contributed by atoms with Crippen molar-refractivity contribution in [2.24, 2.45) is 0 Å². The molecule has 2 amide bonds. The van der Waals surface area contributed by atoms with E-state index in [1.54, 1.807) is 37.3 Å². The summed E-state index contributed by atoms with van der Waals surface area (Å²) in [7, 11) is -3.78. The maximum absolute atomic E-state index is 13.5. The molecule has 186 valence electrons. The number of sulfonamides is 1. The highest BCUT2D eigenvalue weighted by molar-refractivity contribution is 7.92. The molecule has 2 aromatic carbocycles. The molecule has 2 aromatic rings. The zero-order valence-corrected chi connectivity index (χ0v) is 22.3. The average Bonchev–Trinajstić information content (AvgIpc) is 2.75. The number of hydrogen-bond donors (Lipinski definition) is 1. The molecule has 0 saturated carbocycles. The molecule has 0 aromatic heterocycles. The van der Waals surface area contributed by atoms with Gasteiger partial charge < -0.3 is 10.2 Å². The number of amides is 2. The Morgan fingerprint density at radius 2 is 1.65 bits per heavy atom. The topological polar surface area (TPSA) is 86.8 Å². The summed E-state index contributed by atoms with van der Waals surface area (Å²) in [5, 5.41) is 3.58. The zero-order valence-electron chi connectivity index (χ0n) is 20.0. The number of nitrogens with one attached hydrogen (secondary N) is 1. The Morgan fingerprint density at radius 3 is 2.15 bits per heavy atom. The molecule has 0 saturated heterocycles. The van der Waals surface area contributed by atoms with Crippen LogP contribution in [0.5, 0.6) is 0 Å². The van der Waals surface area contributed by atoms with Crippen LogP contribution < -0.4 is 9.62 Å². The predicted molar refractivity (Wildman–Crippen MR) is 138 cm³/mol. The van der Waals surface area contributed by atoms with E-state index in [2.05, 4.69) is 5.32 Å². The molecular weight excluding hydrogens is 497 g/mol. The maximum Gasteiger partial charge on any atom is 0.244 e. The lowest BCUT2D eigenvalue weighted by Crippen LogP contribution is -2.52. The summed E-state index contributed by atoms with van der Waals surface area (Å²) in [4.78, 5) is 27.6. The Bertz CT molecular complexity index is 1120. The summed E-state index contributed by atoms with van der Waals surface area (Å²) in [6.07, 6.45) is 1.85. The maximum atomic E-state index is 13.5. The molecule has 7 nitrogen and oxygen atoms in total. The van der Waals surface area contributed by atoms with E-state index in [0.29, 0.717) is 21.3 Å². The van der Waals surface area contributed by atoms with Gasteiger partial charge in [-0.3, -0.25) is 13.9 Å². The summed E-state index contributed by atoms with van der Waals surface area (Å²) in [5.41, 5.74) is 2.00. The average molecular weight is 529 g/mol. The van der Waals surface area contributed by atoms with Gasteiger partial charge in [0.05, 0.1) is 11.9 Å². The third kappa shape index (κ3) is 7.61. The van der Waals surface area contributed by atoms with Crippen LogP contribution in [0, 0.1) is 0 Å². The first kappa shape index (κ1) is 28.0. The van der Waals surface area contributed by atoms with E-state index in [9.17, 15) is 18.0 Å². The molecule has 0 radical (unpaired) electrons. The molecule has 0 heterocycles. The number of nitrogens with zero attached hydrogens (tertiary/aromatic N) is 2. The molecule has 0 bridgehead atoms. The van der Waals surface area contributed by atoms with Gasteiger partial charge >= 0.3 is 0 Å². The minimum atomic E-state index is -3.78. The van der Waals surface area contributed by atoms with Crippen LogP contribution in [0.4, 0.5) is 5.69 Å². The van der Waals surface area contributed by atoms with Crippen LogP contribution in [0.1, 0.15) is 38.8 Å². The Kier molecular flexibility index (Phi) is 9.79. The first-order valence-corrected chi connectivity index (χ1v) is 13.5. The predicted octanol–water partition coefficient (Wildman–Crippen LogP) is 4.26. The molecule has 0 aliphatic heterocycles. The van der Waals surface area contributed by atoms with E-state index in [1.165, 1.54) is 4.90 Å². The second kappa shape index (κ2) is 11.9. The molecule has 34 heavy (non-hydrogen) atoms. The number of rotatable bonds is 10. The Morgan fingerprint density at radius 1 is 1.03 bits per heavy atom. The number of carbonyl (C=O) groups excluding carboxylic acids is 2. The second-order valence-corrected chi connectivity index (χ2v) is 11.1. The lowest BCUT2D eigenvalue weighted by molar-refractivity contribution is -0.139. The number of anilines is 1. The molecule has 0 aliphatic rings. The van der Waals surface area contributed by atoms with Crippen LogP contribution in [0.15, 0.2) is 42.5 Å². The normalized spacial score (nSPS) is 12.4. The molecule has 10 heteroatoms. The van der Waals surface area contributed by atoms with Crippen molar-refractivity contribution in [2.75, 3.05) is 17.1 Å². The van der Waals surface area contributed by atoms with Crippen molar-refractivity contribution < 1.29 is 18.0 Å². The highest BCUT2D eigenvalue weighted by Crippen LogP contribution is 2.24. The third-order valence-electron chi connectivity index (χ3n) is 5.27. The lowest BCUT2D eigenvalue weighted by atomic mass is 10.1. The van der Waals surface area contributed by atoms with Crippen molar-refractivity contribution in [3.63, 3.8) is 0 Å². The summed E-state index contributed by atoms with van der Waals surface area (Å²) in [6.45, 7) is 6.77. The van der Waals surface area contributed by atoms with Gasteiger partial charge in [-0.15, -0.1) is 0 Å². The Labute approximate surface area is 212 Å². The van der Waals surface area contributed by atoms with Crippen molar-refractivity contribution >= 4 is 50.7 Å². The van der Waals surface area contributed by atoms with E-state index in [4.69, 9.17) is 23.2 Å². The number of benzene rings is 2. The lowest BCUT2D eigenvalue weighted by Gasteiger charge is -2.32. The summed E-state index contributed by atoms with van der Waals surface area (Å²) in [6, 6.07) is 10.9. The Hall–Kier alpha value is -2.29. The third-order valence-corrected chi connectivity index (χ3v) is 6.99. The van der Waals surface area contributed by atoms with Gasteiger partial charge in [0.25, 0.3) is 0 Å². The van der Waals surface area contributed by atoms with Gasteiger partial charge in [0.15, 0.2) is 0 Å². The molecule has 2 rings (SSSR count). The van der Waals surface area contributed by atoms with Crippen molar-refractivity contribution in [3.8, 4) is 0 Å². The van der Waals surface area contributed by atoms with Gasteiger partial charge in [0.1, 0.15) is 12.6 Å². The van der Waals surface area contributed by atoms with Gasteiger partial charge in [0.2, 0.25) is 21.8 Å². The smallest absolute Gasteiger partial charge is 0.244 e. The van der Waals surface area contributed by atoms with E-state index in [1.807, 2.05) is 32.9 Å². The van der Waals surface area contributed by atoms with Crippen molar-refractivity contribution in [3.05, 3.63) is 63.6 Å². The van der Waals surface area contributed by atoms with E-state index in [-0.39, 0.29) is 18.5 Å². The highest BCUT2D eigenvalue weighted by Gasteiger charge is 2.30. The summed E-state index contributed by atoms with van der Waals surface area (Å²) >= 11 is 12.3. The van der Waals surface area contributed by atoms with E-state index in [0.717, 1.165) is 22.5 Å². The van der Waals surface area contributed by atoms with Gasteiger partial charge in [-0.05, 0) is 62.6 Å². The van der Waals surface area contributed by atoms with Gasteiger partial charge in [-0.25, -0.2) is 8.42 Å². The second-order valence-electron chi connectivity index (χ2n) is 8.39. The number of hydrogen-bond acceptors (Lipinski definition) is 4. The minimum absolute atomic E-state index is 0.00783. The van der Waals surface area contributed by atoms with E-state index >= 15 is 0 Å². The summed E-state index contributed by atoms with van der Waals surface area (Å²) < 4.78 is 26.2. The highest BCUT2D eigenvalue weighted by atomic mass is 35.5. The van der Waals surface area contributed by atoms with Crippen LogP contribution in [-0.4, -0.2) is 50.0 Å². The fraction of sp³-hybridized carbons (Fsp3) is 0.417. The first-order chi connectivity index (χ1) is 15.8. The van der Waals surface area contributed by atoms with Crippen LogP contribution in [-0.2, 0) is 32.6 Å². The van der Waals surface area contributed by atoms with Crippen molar-refractivity contribution in [1.29, 1.82) is 0 Å². The number of carbonyl (C=O) groups is 2. The quantitative estimate of drug-likeness (QED) is 0.499. The molecule has 0 fully saturated rings. The van der Waals surface area contributed by atoms with Crippen LogP contribution in [0.25, 0.3) is 0 Å². The van der Waals surface area contributed by atoms with Gasteiger partial charge in [0, 0.05) is 22.6 Å². The van der Waals surface area contributed by atoms with Gasteiger partial charge in [-0.1, -0.05) is 48.3 Å². The SMILES string of the molecule is CCc1ccc(N(CC(=O)N(Cc2ccc(Cl)cc2Cl)[C@H](C)C(=O)NC(C)C)S(C)(=O)=O)cc1. The summed E-state index contributed by atoms with van der Waals surface area (Å²) in [5.74, 6) is -0.894. The minimum Gasteiger partial charge on any atom is -0.352 e. The van der Waals surface area contributed by atoms with Crippen LogP contribution in [0.2, 0.25) is 10.0 Å². The molecular formula is C24H31Cl2N3O4S. The molecule has 0 aliphatic carbocycles. The monoisotopic (exact) mass is 527 g/mol. The molecule has 1 N–H and O–H groups in total. The largest absolute Gasteiger partial charge is 0.352 e. The van der Waals surface area contributed by atoms with Crippen LogP contribution >= 0.6 is 23.2 Å².